The standard InChI is InChI=1S/C14H15N3O3/c15-6-10-1-3-11(4-2-10)7-16-14(20)17-8-12(9-17)5-13(18)19/h1-4,12H,5,7-9H2,(H,16,20)(H,18,19). The summed E-state index contributed by atoms with van der Waals surface area (Å²) in [7, 11) is 0. The lowest BCUT2D eigenvalue weighted by Crippen LogP contribution is -2.54. The summed E-state index contributed by atoms with van der Waals surface area (Å²) in [6.45, 7) is 1.38. The predicted octanol–water partition coefficient (Wildman–Crippen LogP) is 1.17. The zero-order valence-electron chi connectivity index (χ0n) is 10.9. The van der Waals surface area contributed by atoms with Crippen LogP contribution < -0.4 is 5.32 Å². The molecule has 1 heterocycles. The molecule has 2 amide bonds. The Bertz CT molecular complexity index is 542. The van der Waals surface area contributed by atoms with E-state index >= 15 is 0 Å². The first kappa shape index (κ1) is 13.9. The van der Waals surface area contributed by atoms with Crippen molar-refractivity contribution in [2.75, 3.05) is 13.1 Å². The minimum Gasteiger partial charge on any atom is -0.481 e. The summed E-state index contributed by atoms with van der Waals surface area (Å²) in [5, 5.41) is 20.1. The number of carbonyl (C=O) groups excluding carboxylic acids is 1. The molecule has 20 heavy (non-hydrogen) atoms. The van der Waals surface area contributed by atoms with Gasteiger partial charge in [0.1, 0.15) is 0 Å². The number of amides is 2. The monoisotopic (exact) mass is 273 g/mol. The molecule has 1 aliphatic heterocycles. The molecule has 2 rings (SSSR count). The third-order valence-electron chi connectivity index (χ3n) is 3.23. The van der Waals surface area contributed by atoms with E-state index in [0.29, 0.717) is 25.2 Å². The van der Waals surface area contributed by atoms with E-state index in [1.807, 2.05) is 6.07 Å². The fourth-order valence-electron chi connectivity index (χ4n) is 2.10. The summed E-state index contributed by atoms with van der Waals surface area (Å²) >= 11 is 0. The van der Waals surface area contributed by atoms with Crippen molar-refractivity contribution in [3.05, 3.63) is 35.4 Å². The maximum Gasteiger partial charge on any atom is 0.317 e. The molecular formula is C14H15N3O3. The first-order chi connectivity index (χ1) is 9.58. The molecule has 0 atom stereocenters. The average molecular weight is 273 g/mol. The van der Waals surface area contributed by atoms with Crippen LogP contribution in [-0.2, 0) is 11.3 Å². The molecule has 2 N–H and O–H groups in total. The summed E-state index contributed by atoms with van der Waals surface area (Å²) in [5.41, 5.74) is 1.50. The summed E-state index contributed by atoms with van der Waals surface area (Å²) in [4.78, 5) is 23.9. The molecule has 1 saturated heterocycles. The Morgan fingerprint density at radius 2 is 2.00 bits per heavy atom. The fraction of sp³-hybridized carbons (Fsp3) is 0.357. The second-order valence-electron chi connectivity index (χ2n) is 4.84. The zero-order valence-corrected chi connectivity index (χ0v) is 10.9. The molecule has 1 aromatic rings. The molecule has 104 valence electrons. The van der Waals surface area contributed by atoms with Crippen LogP contribution in [0.2, 0.25) is 0 Å². The van der Waals surface area contributed by atoms with Crippen molar-refractivity contribution in [3.63, 3.8) is 0 Å². The number of aliphatic carboxylic acids is 1. The fourth-order valence-corrected chi connectivity index (χ4v) is 2.10. The molecule has 0 unspecified atom stereocenters. The lowest BCUT2D eigenvalue weighted by Gasteiger charge is -2.38. The summed E-state index contributed by atoms with van der Waals surface area (Å²) in [6.07, 6.45) is 0.111. The Labute approximate surface area is 116 Å². The van der Waals surface area contributed by atoms with Gasteiger partial charge in [-0.15, -0.1) is 0 Å². The molecule has 1 aromatic carbocycles. The van der Waals surface area contributed by atoms with Crippen LogP contribution in [0.5, 0.6) is 0 Å². The number of likely N-dealkylation sites (tertiary alicyclic amines) is 1. The number of hydrogen-bond donors (Lipinski definition) is 2. The molecule has 0 radical (unpaired) electrons. The minimum absolute atomic E-state index is 0.0631. The largest absolute Gasteiger partial charge is 0.481 e. The van der Waals surface area contributed by atoms with Gasteiger partial charge >= 0.3 is 12.0 Å². The van der Waals surface area contributed by atoms with Gasteiger partial charge in [0.2, 0.25) is 0 Å². The Balaban J connectivity index is 1.73. The molecule has 6 heteroatoms. The van der Waals surface area contributed by atoms with Gasteiger partial charge in [-0.1, -0.05) is 12.1 Å². The van der Waals surface area contributed by atoms with E-state index in [1.165, 1.54) is 0 Å². The second-order valence-corrected chi connectivity index (χ2v) is 4.84. The Hall–Kier alpha value is -2.55. The normalized spacial score (nSPS) is 14.2. The number of urea groups is 1. The van der Waals surface area contributed by atoms with Crippen molar-refractivity contribution >= 4 is 12.0 Å². The van der Waals surface area contributed by atoms with Gasteiger partial charge in [0.15, 0.2) is 0 Å². The van der Waals surface area contributed by atoms with Gasteiger partial charge in [-0.2, -0.15) is 5.26 Å². The number of nitrogens with zero attached hydrogens (tertiary/aromatic N) is 2. The number of carboxylic acid groups (broad SMARTS) is 1. The number of hydrogen-bond acceptors (Lipinski definition) is 3. The van der Waals surface area contributed by atoms with Crippen molar-refractivity contribution in [1.82, 2.24) is 10.2 Å². The SMILES string of the molecule is N#Cc1ccc(CNC(=O)N2CC(CC(=O)O)C2)cc1. The highest BCUT2D eigenvalue weighted by molar-refractivity contribution is 5.75. The van der Waals surface area contributed by atoms with Gasteiger partial charge in [-0.05, 0) is 17.7 Å². The van der Waals surface area contributed by atoms with Gasteiger partial charge < -0.3 is 15.3 Å². The number of carboxylic acids is 1. The molecule has 0 saturated carbocycles. The van der Waals surface area contributed by atoms with Gasteiger partial charge in [0, 0.05) is 25.6 Å². The molecule has 0 bridgehead atoms. The van der Waals surface area contributed by atoms with Gasteiger partial charge in [-0.25, -0.2) is 4.79 Å². The van der Waals surface area contributed by atoms with E-state index in [-0.39, 0.29) is 18.4 Å². The summed E-state index contributed by atoms with van der Waals surface area (Å²) < 4.78 is 0. The van der Waals surface area contributed by atoms with Crippen LogP contribution in [0.4, 0.5) is 4.79 Å². The topological polar surface area (TPSA) is 93.4 Å². The Morgan fingerprint density at radius 3 is 2.55 bits per heavy atom. The third-order valence-corrected chi connectivity index (χ3v) is 3.23. The first-order valence-corrected chi connectivity index (χ1v) is 6.32. The maximum atomic E-state index is 11.8. The van der Waals surface area contributed by atoms with Crippen molar-refractivity contribution in [1.29, 1.82) is 5.26 Å². The molecule has 1 fully saturated rings. The van der Waals surface area contributed by atoms with Crippen LogP contribution in [-0.4, -0.2) is 35.1 Å². The van der Waals surface area contributed by atoms with Crippen LogP contribution in [0.25, 0.3) is 0 Å². The van der Waals surface area contributed by atoms with Crippen molar-refractivity contribution in [2.24, 2.45) is 5.92 Å². The van der Waals surface area contributed by atoms with Crippen LogP contribution in [0.3, 0.4) is 0 Å². The highest BCUT2D eigenvalue weighted by Gasteiger charge is 2.31. The van der Waals surface area contributed by atoms with E-state index < -0.39 is 5.97 Å². The Kier molecular flexibility index (Phi) is 4.20. The van der Waals surface area contributed by atoms with Crippen LogP contribution in [0, 0.1) is 17.2 Å². The average Bonchev–Trinajstić information content (AvgIpc) is 2.40. The van der Waals surface area contributed by atoms with Gasteiger partial charge in [0.05, 0.1) is 18.1 Å². The van der Waals surface area contributed by atoms with Gasteiger partial charge in [-0.3, -0.25) is 4.79 Å². The van der Waals surface area contributed by atoms with E-state index in [4.69, 9.17) is 10.4 Å². The van der Waals surface area contributed by atoms with E-state index in [9.17, 15) is 9.59 Å². The minimum atomic E-state index is -0.826. The zero-order chi connectivity index (χ0) is 14.5. The molecule has 0 aromatic heterocycles. The molecular weight excluding hydrogens is 258 g/mol. The highest BCUT2D eigenvalue weighted by atomic mass is 16.4. The van der Waals surface area contributed by atoms with E-state index in [1.54, 1.807) is 29.2 Å². The quantitative estimate of drug-likeness (QED) is 0.861. The Morgan fingerprint density at radius 1 is 1.35 bits per heavy atom. The molecule has 0 spiro atoms. The van der Waals surface area contributed by atoms with Crippen molar-refractivity contribution < 1.29 is 14.7 Å². The summed E-state index contributed by atoms with van der Waals surface area (Å²) in [6, 6.07) is 8.84. The molecule has 6 nitrogen and oxygen atoms in total. The lowest BCUT2D eigenvalue weighted by molar-refractivity contribution is -0.139. The van der Waals surface area contributed by atoms with Crippen molar-refractivity contribution in [3.8, 4) is 6.07 Å². The smallest absolute Gasteiger partial charge is 0.317 e. The highest BCUT2D eigenvalue weighted by Crippen LogP contribution is 2.18. The van der Waals surface area contributed by atoms with E-state index in [2.05, 4.69) is 5.32 Å². The third kappa shape index (κ3) is 3.48. The maximum absolute atomic E-state index is 11.8. The first-order valence-electron chi connectivity index (χ1n) is 6.32. The van der Waals surface area contributed by atoms with Crippen LogP contribution >= 0.6 is 0 Å². The van der Waals surface area contributed by atoms with Crippen LogP contribution in [0.15, 0.2) is 24.3 Å². The number of rotatable bonds is 4. The van der Waals surface area contributed by atoms with Gasteiger partial charge in [0.25, 0.3) is 0 Å². The number of nitrogens with one attached hydrogen (secondary N) is 1. The summed E-state index contributed by atoms with van der Waals surface area (Å²) in [5.74, 6) is -0.763. The number of nitriles is 1. The van der Waals surface area contributed by atoms with E-state index in [0.717, 1.165) is 5.56 Å². The molecule has 1 aliphatic rings. The second kappa shape index (κ2) is 6.06. The molecule has 0 aliphatic carbocycles. The lowest BCUT2D eigenvalue weighted by atomic mass is 9.97. The van der Waals surface area contributed by atoms with Crippen LogP contribution in [0.1, 0.15) is 17.5 Å². The van der Waals surface area contributed by atoms with Crippen molar-refractivity contribution in [2.45, 2.75) is 13.0 Å². The predicted molar refractivity (Wildman–Crippen MR) is 70.7 cm³/mol. The number of carbonyl (C=O) groups is 2. The number of benzene rings is 1.